The van der Waals surface area contributed by atoms with Crippen LogP contribution in [-0.4, -0.2) is 35.1 Å². The Balaban J connectivity index is 1.91. The van der Waals surface area contributed by atoms with Gasteiger partial charge in [0.2, 0.25) is 5.91 Å². The van der Waals surface area contributed by atoms with Gasteiger partial charge >= 0.3 is 0 Å². The maximum Gasteiger partial charge on any atom is 0.226 e. The van der Waals surface area contributed by atoms with Crippen LogP contribution in [0.4, 0.5) is 0 Å². The van der Waals surface area contributed by atoms with Crippen molar-refractivity contribution < 1.29 is 9.90 Å². The molecule has 0 aromatic heterocycles. The van der Waals surface area contributed by atoms with Crippen molar-refractivity contribution in [3.05, 3.63) is 12.2 Å². The van der Waals surface area contributed by atoms with Crippen molar-refractivity contribution in [1.29, 1.82) is 0 Å². The number of β-amino-alcohol motifs (C(OH)–C–C–N with tert-alkyl or cyclic N) is 1. The van der Waals surface area contributed by atoms with E-state index in [4.69, 9.17) is 0 Å². The molecule has 0 bridgehead atoms. The molecule has 1 aliphatic heterocycles. The largest absolute Gasteiger partial charge is 0.391 e. The molecule has 1 amide bonds. The first-order valence-electron chi connectivity index (χ1n) is 5.39. The number of aliphatic hydroxyl groups is 1. The van der Waals surface area contributed by atoms with Crippen LogP contribution in [0.15, 0.2) is 12.2 Å². The van der Waals surface area contributed by atoms with Crippen molar-refractivity contribution in [1.82, 2.24) is 4.90 Å². The summed E-state index contributed by atoms with van der Waals surface area (Å²) >= 11 is 0. The van der Waals surface area contributed by atoms with Crippen molar-refractivity contribution in [2.45, 2.75) is 31.8 Å². The van der Waals surface area contributed by atoms with Gasteiger partial charge in [0.25, 0.3) is 0 Å². The lowest BCUT2D eigenvalue weighted by atomic mass is 9.93. The molecule has 0 aromatic rings. The fraction of sp³-hybridized carbons (Fsp3) is 0.727. The molecule has 2 atom stereocenters. The Morgan fingerprint density at radius 3 is 2.79 bits per heavy atom. The Hall–Kier alpha value is -0.830. The summed E-state index contributed by atoms with van der Waals surface area (Å²) in [5.41, 5.74) is 0. The standard InChI is InChI=1S/C11H17NO2/c13-10-6-7-12(8-10)11(14)9-4-2-1-3-5-9/h1-2,9-10,13H,3-8H2/t9?,10-/m0/s1. The molecule has 2 rings (SSSR count). The molecular formula is C11H17NO2. The number of rotatable bonds is 1. The van der Waals surface area contributed by atoms with Gasteiger partial charge in [-0.25, -0.2) is 0 Å². The number of carbonyl (C=O) groups is 1. The highest BCUT2D eigenvalue weighted by Crippen LogP contribution is 2.22. The Morgan fingerprint density at radius 2 is 2.21 bits per heavy atom. The highest BCUT2D eigenvalue weighted by molar-refractivity contribution is 5.79. The quantitative estimate of drug-likeness (QED) is 0.632. The molecule has 1 aliphatic carbocycles. The zero-order valence-corrected chi connectivity index (χ0v) is 8.35. The van der Waals surface area contributed by atoms with E-state index < -0.39 is 0 Å². The van der Waals surface area contributed by atoms with Gasteiger partial charge in [0, 0.05) is 19.0 Å². The zero-order chi connectivity index (χ0) is 9.97. The summed E-state index contributed by atoms with van der Waals surface area (Å²) in [4.78, 5) is 13.7. The van der Waals surface area contributed by atoms with E-state index in [0.29, 0.717) is 6.54 Å². The number of hydrogen-bond acceptors (Lipinski definition) is 2. The second-order valence-electron chi connectivity index (χ2n) is 4.21. The van der Waals surface area contributed by atoms with Gasteiger partial charge in [0.1, 0.15) is 0 Å². The predicted octanol–water partition coefficient (Wildman–Crippen LogP) is 0.936. The SMILES string of the molecule is O=C(C1CC=CCC1)N1CC[C@H](O)C1. The van der Waals surface area contributed by atoms with Gasteiger partial charge in [0.05, 0.1) is 6.10 Å². The summed E-state index contributed by atoms with van der Waals surface area (Å²) in [6.07, 6.45) is 7.56. The van der Waals surface area contributed by atoms with Crippen LogP contribution < -0.4 is 0 Å². The van der Waals surface area contributed by atoms with Crippen molar-refractivity contribution in [2.75, 3.05) is 13.1 Å². The Morgan fingerprint density at radius 1 is 1.36 bits per heavy atom. The average Bonchev–Trinajstić information content (AvgIpc) is 2.65. The molecule has 0 radical (unpaired) electrons. The number of nitrogens with zero attached hydrogens (tertiary/aromatic N) is 1. The average molecular weight is 195 g/mol. The molecule has 0 aromatic carbocycles. The molecule has 2 aliphatic rings. The minimum Gasteiger partial charge on any atom is -0.391 e. The van der Waals surface area contributed by atoms with Crippen molar-refractivity contribution in [2.24, 2.45) is 5.92 Å². The maximum absolute atomic E-state index is 11.9. The van der Waals surface area contributed by atoms with E-state index in [2.05, 4.69) is 12.2 Å². The van der Waals surface area contributed by atoms with Crippen LogP contribution in [0.5, 0.6) is 0 Å². The summed E-state index contributed by atoms with van der Waals surface area (Å²) in [5, 5.41) is 9.34. The molecule has 78 valence electrons. The lowest BCUT2D eigenvalue weighted by molar-refractivity contribution is -0.135. The number of amides is 1. The molecule has 1 saturated heterocycles. The molecular weight excluding hydrogens is 178 g/mol. The van der Waals surface area contributed by atoms with Crippen molar-refractivity contribution in [3.8, 4) is 0 Å². The van der Waals surface area contributed by atoms with Crippen LogP contribution in [0.3, 0.4) is 0 Å². The topological polar surface area (TPSA) is 40.5 Å². The van der Waals surface area contributed by atoms with Gasteiger partial charge in [-0.05, 0) is 25.7 Å². The molecule has 0 saturated carbocycles. The van der Waals surface area contributed by atoms with Gasteiger partial charge in [-0.1, -0.05) is 12.2 Å². The van der Waals surface area contributed by atoms with E-state index in [0.717, 1.165) is 32.2 Å². The summed E-state index contributed by atoms with van der Waals surface area (Å²) < 4.78 is 0. The molecule has 1 fully saturated rings. The highest BCUT2D eigenvalue weighted by atomic mass is 16.3. The first-order chi connectivity index (χ1) is 6.77. The molecule has 1 unspecified atom stereocenters. The first-order valence-corrected chi connectivity index (χ1v) is 5.39. The first kappa shape index (κ1) is 9.71. The highest BCUT2D eigenvalue weighted by Gasteiger charge is 2.29. The zero-order valence-electron chi connectivity index (χ0n) is 8.35. The molecule has 1 N–H and O–H groups in total. The Kier molecular flexibility index (Phi) is 2.87. The molecule has 14 heavy (non-hydrogen) atoms. The maximum atomic E-state index is 11.9. The number of carbonyl (C=O) groups excluding carboxylic acids is 1. The van der Waals surface area contributed by atoms with Gasteiger partial charge in [-0.2, -0.15) is 0 Å². The molecule has 3 nitrogen and oxygen atoms in total. The lowest BCUT2D eigenvalue weighted by Crippen LogP contribution is -2.35. The minimum absolute atomic E-state index is 0.172. The van der Waals surface area contributed by atoms with Crippen LogP contribution >= 0.6 is 0 Å². The number of likely N-dealkylation sites (tertiary alicyclic amines) is 1. The van der Waals surface area contributed by atoms with Gasteiger partial charge < -0.3 is 10.0 Å². The minimum atomic E-state index is -0.293. The molecule has 0 spiro atoms. The Bertz CT molecular complexity index is 250. The van der Waals surface area contributed by atoms with Crippen molar-refractivity contribution >= 4 is 5.91 Å². The predicted molar refractivity (Wildman–Crippen MR) is 53.7 cm³/mol. The van der Waals surface area contributed by atoms with Gasteiger partial charge in [0.15, 0.2) is 0 Å². The number of hydrogen-bond donors (Lipinski definition) is 1. The summed E-state index contributed by atoms with van der Waals surface area (Å²) in [6, 6.07) is 0. The fourth-order valence-corrected chi connectivity index (χ4v) is 2.22. The van der Waals surface area contributed by atoms with E-state index >= 15 is 0 Å². The van der Waals surface area contributed by atoms with Crippen LogP contribution in [0.1, 0.15) is 25.7 Å². The smallest absolute Gasteiger partial charge is 0.226 e. The molecule has 1 heterocycles. The van der Waals surface area contributed by atoms with Crippen LogP contribution in [-0.2, 0) is 4.79 Å². The van der Waals surface area contributed by atoms with Gasteiger partial charge in [-0.15, -0.1) is 0 Å². The number of aliphatic hydroxyl groups excluding tert-OH is 1. The summed E-state index contributed by atoms with van der Waals surface area (Å²) in [5.74, 6) is 0.413. The third-order valence-corrected chi connectivity index (χ3v) is 3.09. The van der Waals surface area contributed by atoms with E-state index in [1.54, 1.807) is 0 Å². The third kappa shape index (κ3) is 1.98. The van der Waals surface area contributed by atoms with E-state index in [1.165, 1.54) is 0 Å². The van der Waals surface area contributed by atoms with Crippen LogP contribution in [0.25, 0.3) is 0 Å². The van der Waals surface area contributed by atoms with E-state index in [-0.39, 0.29) is 17.9 Å². The van der Waals surface area contributed by atoms with E-state index in [9.17, 15) is 9.90 Å². The van der Waals surface area contributed by atoms with E-state index in [1.807, 2.05) is 4.90 Å². The number of allylic oxidation sites excluding steroid dienone is 2. The Labute approximate surface area is 84.4 Å². The second kappa shape index (κ2) is 4.13. The molecule has 3 heteroatoms. The third-order valence-electron chi connectivity index (χ3n) is 3.09. The monoisotopic (exact) mass is 195 g/mol. The summed E-state index contributed by atoms with van der Waals surface area (Å²) in [7, 11) is 0. The fourth-order valence-electron chi connectivity index (χ4n) is 2.22. The lowest BCUT2D eigenvalue weighted by Gasteiger charge is -2.23. The second-order valence-corrected chi connectivity index (χ2v) is 4.21. The normalized spacial score (nSPS) is 32.2. The summed E-state index contributed by atoms with van der Waals surface area (Å²) in [6.45, 7) is 1.28. The van der Waals surface area contributed by atoms with Crippen molar-refractivity contribution in [3.63, 3.8) is 0 Å². The van der Waals surface area contributed by atoms with Crippen LogP contribution in [0, 0.1) is 5.92 Å². The van der Waals surface area contributed by atoms with Crippen LogP contribution in [0.2, 0.25) is 0 Å². The van der Waals surface area contributed by atoms with Gasteiger partial charge in [-0.3, -0.25) is 4.79 Å².